The van der Waals surface area contributed by atoms with E-state index in [1.54, 1.807) is 6.08 Å². The summed E-state index contributed by atoms with van der Waals surface area (Å²) >= 11 is 0. The zero-order valence-electron chi connectivity index (χ0n) is 14.6. The van der Waals surface area contributed by atoms with E-state index in [-0.39, 0.29) is 42.9 Å². The summed E-state index contributed by atoms with van der Waals surface area (Å²) in [6.45, 7) is 11.8. The fraction of sp³-hybridized carbons (Fsp3) is 0.778. The Morgan fingerprint density at radius 2 is 1.64 bits per heavy atom. The molecule has 128 valence electrons. The van der Waals surface area contributed by atoms with Crippen molar-refractivity contribution in [2.75, 3.05) is 0 Å². The third-order valence-corrected chi connectivity index (χ3v) is 3.60. The maximum atomic E-state index is 11.8. The van der Waals surface area contributed by atoms with Crippen LogP contribution in [0.1, 0.15) is 72.6 Å². The SMILES string of the molecule is C=CC(CCCCC)OC(=O)CCC(=O)OC(CC)C(C)C. The molecular formula is C18H32O4. The molecule has 0 aliphatic heterocycles. The van der Waals surface area contributed by atoms with Crippen LogP contribution in [0.15, 0.2) is 12.7 Å². The van der Waals surface area contributed by atoms with Crippen LogP contribution in [0.2, 0.25) is 0 Å². The second kappa shape index (κ2) is 12.2. The maximum Gasteiger partial charge on any atom is 0.306 e. The van der Waals surface area contributed by atoms with E-state index in [0.29, 0.717) is 0 Å². The molecule has 0 rings (SSSR count). The second-order valence-electron chi connectivity index (χ2n) is 5.94. The molecule has 0 spiro atoms. The van der Waals surface area contributed by atoms with Crippen LogP contribution < -0.4 is 0 Å². The van der Waals surface area contributed by atoms with Gasteiger partial charge in [0.25, 0.3) is 0 Å². The Bertz CT molecular complexity index is 336. The van der Waals surface area contributed by atoms with Crippen molar-refractivity contribution in [2.24, 2.45) is 5.92 Å². The Kier molecular flexibility index (Phi) is 11.5. The molecule has 0 aliphatic rings. The van der Waals surface area contributed by atoms with Crippen molar-refractivity contribution in [1.29, 1.82) is 0 Å². The minimum absolute atomic E-state index is 0.0610. The summed E-state index contributed by atoms with van der Waals surface area (Å²) in [6.07, 6.45) is 6.26. The smallest absolute Gasteiger partial charge is 0.306 e. The van der Waals surface area contributed by atoms with Crippen molar-refractivity contribution in [1.82, 2.24) is 0 Å². The number of hydrogen-bond donors (Lipinski definition) is 0. The van der Waals surface area contributed by atoms with Gasteiger partial charge < -0.3 is 9.47 Å². The minimum Gasteiger partial charge on any atom is -0.462 e. The summed E-state index contributed by atoms with van der Waals surface area (Å²) in [4.78, 5) is 23.5. The summed E-state index contributed by atoms with van der Waals surface area (Å²) in [5.41, 5.74) is 0. The highest BCUT2D eigenvalue weighted by atomic mass is 16.5. The Morgan fingerprint density at radius 1 is 1.05 bits per heavy atom. The lowest BCUT2D eigenvalue weighted by Crippen LogP contribution is -2.23. The molecule has 4 nitrogen and oxygen atoms in total. The molecule has 0 aromatic carbocycles. The number of hydrogen-bond acceptors (Lipinski definition) is 4. The van der Waals surface area contributed by atoms with Gasteiger partial charge in [-0.3, -0.25) is 9.59 Å². The predicted molar refractivity (Wildman–Crippen MR) is 88.5 cm³/mol. The molecule has 0 bridgehead atoms. The zero-order chi connectivity index (χ0) is 17.0. The topological polar surface area (TPSA) is 52.6 Å². The van der Waals surface area contributed by atoms with Crippen molar-refractivity contribution in [3.8, 4) is 0 Å². The van der Waals surface area contributed by atoms with Crippen LogP contribution in [0.3, 0.4) is 0 Å². The average Bonchev–Trinajstić information content (AvgIpc) is 2.49. The van der Waals surface area contributed by atoms with Crippen LogP contribution in [-0.4, -0.2) is 24.1 Å². The van der Waals surface area contributed by atoms with Crippen molar-refractivity contribution in [3.05, 3.63) is 12.7 Å². The van der Waals surface area contributed by atoms with Crippen LogP contribution in [0.4, 0.5) is 0 Å². The van der Waals surface area contributed by atoms with Gasteiger partial charge in [0.1, 0.15) is 12.2 Å². The van der Waals surface area contributed by atoms with E-state index < -0.39 is 0 Å². The Balaban J connectivity index is 4.05. The molecule has 0 heterocycles. The van der Waals surface area contributed by atoms with Gasteiger partial charge in [0.2, 0.25) is 0 Å². The van der Waals surface area contributed by atoms with Gasteiger partial charge in [-0.15, -0.1) is 0 Å². The van der Waals surface area contributed by atoms with Crippen molar-refractivity contribution in [2.45, 2.75) is 84.8 Å². The van der Waals surface area contributed by atoms with Crippen molar-refractivity contribution < 1.29 is 19.1 Å². The van der Waals surface area contributed by atoms with Gasteiger partial charge in [-0.05, 0) is 25.2 Å². The lowest BCUT2D eigenvalue weighted by Gasteiger charge is -2.19. The van der Waals surface area contributed by atoms with Gasteiger partial charge in [-0.1, -0.05) is 53.2 Å². The normalized spacial score (nSPS) is 13.5. The van der Waals surface area contributed by atoms with Crippen LogP contribution in [0, 0.1) is 5.92 Å². The van der Waals surface area contributed by atoms with Crippen LogP contribution in [-0.2, 0) is 19.1 Å². The second-order valence-corrected chi connectivity index (χ2v) is 5.94. The molecule has 4 heteroatoms. The largest absolute Gasteiger partial charge is 0.462 e. The Labute approximate surface area is 135 Å². The van der Waals surface area contributed by atoms with Gasteiger partial charge in [-0.25, -0.2) is 0 Å². The summed E-state index contributed by atoms with van der Waals surface area (Å²) in [5, 5.41) is 0. The monoisotopic (exact) mass is 312 g/mol. The van der Waals surface area contributed by atoms with E-state index in [2.05, 4.69) is 13.5 Å². The zero-order valence-corrected chi connectivity index (χ0v) is 14.6. The highest BCUT2D eigenvalue weighted by Crippen LogP contribution is 2.13. The Morgan fingerprint density at radius 3 is 2.09 bits per heavy atom. The minimum atomic E-state index is -0.365. The molecule has 0 fully saturated rings. The van der Waals surface area contributed by atoms with Crippen LogP contribution in [0.5, 0.6) is 0 Å². The first-order chi connectivity index (χ1) is 10.4. The van der Waals surface area contributed by atoms with Crippen molar-refractivity contribution >= 4 is 11.9 Å². The predicted octanol–water partition coefficient (Wildman–Crippen LogP) is 4.42. The van der Waals surface area contributed by atoms with Gasteiger partial charge in [-0.2, -0.15) is 0 Å². The molecule has 0 amide bonds. The standard InChI is InChI=1S/C18H32O4/c1-6-9-10-11-15(7-2)21-17(19)12-13-18(20)22-16(8-3)14(4)5/h7,14-16H,2,6,8-13H2,1,3-5H3. The summed E-state index contributed by atoms with van der Waals surface area (Å²) in [5.74, 6) is -0.417. The van der Waals surface area contributed by atoms with Gasteiger partial charge in [0.05, 0.1) is 12.8 Å². The number of unbranched alkanes of at least 4 members (excludes halogenated alkanes) is 2. The lowest BCUT2D eigenvalue weighted by molar-refractivity contribution is -0.156. The molecular weight excluding hydrogens is 280 g/mol. The van der Waals surface area contributed by atoms with Gasteiger partial charge in [0, 0.05) is 0 Å². The first kappa shape index (κ1) is 20.7. The molecule has 2 unspecified atom stereocenters. The highest BCUT2D eigenvalue weighted by molar-refractivity contribution is 5.77. The van der Waals surface area contributed by atoms with Gasteiger partial charge in [0.15, 0.2) is 0 Å². The number of ether oxygens (including phenoxy) is 2. The fourth-order valence-electron chi connectivity index (χ4n) is 2.17. The van der Waals surface area contributed by atoms with E-state index in [4.69, 9.17) is 9.47 Å². The van der Waals surface area contributed by atoms with Gasteiger partial charge >= 0.3 is 11.9 Å². The van der Waals surface area contributed by atoms with E-state index >= 15 is 0 Å². The van der Waals surface area contributed by atoms with E-state index in [9.17, 15) is 9.59 Å². The van der Waals surface area contributed by atoms with E-state index in [0.717, 1.165) is 32.1 Å². The molecule has 0 aliphatic carbocycles. The summed E-state index contributed by atoms with van der Waals surface area (Å²) in [6, 6.07) is 0. The number of carbonyl (C=O) groups is 2. The molecule has 0 radical (unpaired) electrons. The molecule has 0 aromatic rings. The average molecular weight is 312 g/mol. The quantitative estimate of drug-likeness (QED) is 0.304. The first-order valence-corrected chi connectivity index (χ1v) is 8.46. The van der Waals surface area contributed by atoms with E-state index in [1.165, 1.54) is 0 Å². The molecule has 22 heavy (non-hydrogen) atoms. The maximum absolute atomic E-state index is 11.8. The molecule has 0 saturated carbocycles. The first-order valence-electron chi connectivity index (χ1n) is 8.46. The molecule has 2 atom stereocenters. The third-order valence-electron chi connectivity index (χ3n) is 3.60. The van der Waals surface area contributed by atoms with E-state index in [1.807, 2.05) is 20.8 Å². The lowest BCUT2D eigenvalue weighted by atomic mass is 10.1. The summed E-state index contributed by atoms with van der Waals surface area (Å²) < 4.78 is 10.7. The number of rotatable bonds is 12. The Hall–Kier alpha value is -1.32. The summed E-state index contributed by atoms with van der Waals surface area (Å²) in [7, 11) is 0. The molecule has 0 saturated heterocycles. The van der Waals surface area contributed by atoms with Crippen molar-refractivity contribution in [3.63, 3.8) is 0 Å². The van der Waals surface area contributed by atoms with Crippen LogP contribution >= 0.6 is 0 Å². The third kappa shape index (κ3) is 9.59. The number of carbonyl (C=O) groups excluding carboxylic acids is 2. The fourth-order valence-corrected chi connectivity index (χ4v) is 2.17. The number of esters is 2. The van der Waals surface area contributed by atoms with Crippen LogP contribution in [0.25, 0.3) is 0 Å². The molecule has 0 N–H and O–H groups in total. The molecule has 0 aromatic heterocycles. The highest BCUT2D eigenvalue weighted by Gasteiger charge is 2.18.